The number of piperidine rings is 1. The average molecular weight is 307 g/mol. The average Bonchev–Trinajstić information content (AvgIpc) is 2.89. The van der Waals surface area contributed by atoms with E-state index < -0.39 is 0 Å². The lowest BCUT2D eigenvalue weighted by molar-refractivity contribution is -0.134. The Morgan fingerprint density at radius 2 is 2.10 bits per heavy atom. The number of likely N-dealkylation sites (tertiary alicyclic amines) is 1. The first-order valence-corrected chi connectivity index (χ1v) is 7.60. The number of methoxy groups -OCH3 is 1. The zero-order valence-electron chi connectivity index (χ0n) is 12.1. The van der Waals surface area contributed by atoms with Gasteiger partial charge in [-0.3, -0.25) is 4.79 Å². The van der Waals surface area contributed by atoms with E-state index in [1.807, 2.05) is 39.9 Å². The molecule has 0 saturated carbocycles. The normalized spacial score (nSPS) is 16.6. The lowest BCUT2D eigenvalue weighted by atomic mass is 10.1. The van der Waals surface area contributed by atoms with Crippen molar-refractivity contribution in [1.82, 2.24) is 9.47 Å². The molecular weight excluding hydrogens is 288 g/mol. The van der Waals surface area contributed by atoms with Crippen LogP contribution in [0.2, 0.25) is 5.02 Å². The van der Waals surface area contributed by atoms with Crippen LogP contribution < -0.4 is 0 Å². The summed E-state index contributed by atoms with van der Waals surface area (Å²) in [7, 11) is 1.73. The van der Waals surface area contributed by atoms with E-state index in [1.165, 1.54) is 0 Å². The van der Waals surface area contributed by atoms with Gasteiger partial charge in [0.1, 0.15) is 6.54 Å². The number of fused-ring (bicyclic) bond motifs is 1. The van der Waals surface area contributed by atoms with Crippen molar-refractivity contribution >= 4 is 28.4 Å². The van der Waals surface area contributed by atoms with Gasteiger partial charge in [0.25, 0.3) is 0 Å². The maximum Gasteiger partial charge on any atom is 0.242 e. The van der Waals surface area contributed by atoms with Crippen molar-refractivity contribution < 1.29 is 9.53 Å². The first kappa shape index (κ1) is 14.4. The van der Waals surface area contributed by atoms with Crippen molar-refractivity contribution in [3.05, 3.63) is 35.5 Å². The molecule has 0 atom stereocenters. The van der Waals surface area contributed by atoms with Crippen molar-refractivity contribution in [2.75, 3.05) is 20.2 Å². The number of carbonyl (C=O) groups is 1. The minimum atomic E-state index is 0.155. The summed E-state index contributed by atoms with van der Waals surface area (Å²) in [5, 5.41) is 1.79. The SMILES string of the molecule is COC1CCN(C(=O)Cn2ccc3ccc(Cl)cc32)CC1. The van der Waals surface area contributed by atoms with Crippen LogP contribution in [0.15, 0.2) is 30.5 Å². The minimum Gasteiger partial charge on any atom is -0.381 e. The topological polar surface area (TPSA) is 34.5 Å². The Balaban J connectivity index is 1.70. The summed E-state index contributed by atoms with van der Waals surface area (Å²) in [6.45, 7) is 1.91. The standard InChI is InChI=1S/C16H19ClN2O2/c1-21-14-5-8-18(9-6-14)16(20)11-19-7-4-12-2-3-13(17)10-15(12)19/h2-4,7,10,14H,5-6,8-9,11H2,1H3. The van der Waals surface area contributed by atoms with Gasteiger partial charge in [-0.2, -0.15) is 0 Å². The Labute approximate surface area is 129 Å². The Bertz CT molecular complexity index is 645. The number of ether oxygens (including phenoxy) is 1. The predicted molar refractivity (Wildman–Crippen MR) is 83.6 cm³/mol. The number of hydrogen-bond donors (Lipinski definition) is 0. The molecule has 0 radical (unpaired) electrons. The molecule has 112 valence electrons. The van der Waals surface area contributed by atoms with Crippen LogP contribution in [0.3, 0.4) is 0 Å². The third kappa shape index (κ3) is 3.06. The summed E-state index contributed by atoms with van der Waals surface area (Å²) < 4.78 is 7.30. The molecule has 0 bridgehead atoms. The zero-order valence-corrected chi connectivity index (χ0v) is 12.8. The third-order valence-electron chi connectivity index (χ3n) is 4.17. The van der Waals surface area contributed by atoms with E-state index in [0.29, 0.717) is 17.7 Å². The molecule has 4 nitrogen and oxygen atoms in total. The molecule has 1 amide bonds. The Morgan fingerprint density at radius 1 is 1.33 bits per heavy atom. The highest BCUT2D eigenvalue weighted by Gasteiger charge is 2.22. The van der Waals surface area contributed by atoms with E-state index in [0.717, 1.165) is 36.8 Å². The van der Waals surface area contributed by atoms with E-state index >= 15 is 0 Å². The Morgan fingerprint density at radius 3 is 2.81 bits per heavy atom. The van der Waals surface area contributed by atoms with E-state index in [9.17, 15) is 4.79 Å². The molecule has 1 saturated heterocycles. The summed E-state index contributed by atoms with van der Waals surface area (Å²) in [5.41, 5.74) is 1.00. The highest BCUT2D eigenvalue weighted by atomic mass is 35.5. The van der Waals surface area contributed by atoms with Crippen molar-refractivity contribution in [3.63, 3.8) is 0 Å². The van der Waals surface area contributed by atoms with Crippen LogP contribution in [0.1, 0.15) is 12.8 Å². The number of aromatic nitrogens is 1. The van der Waals surface area contributed by atoms with Gasteiger partial charge in [-0.1, -0.05) is 17.7 Å². The summed E-state index contributed by atoms with van der Waals surface area (Å²) in [6, 6.07) is 7.76. The molecule has 3 rings (SSSR count). The largest absolute Gasteiger partial charge is 0.381 e. The van der Waals surface area contributed by atoms with Crippen LogP contribution in [0, 0.1) is 0 Å². The highest BCUT2D eigenvalue weighted by molar-refractivity contribution is 6.31. The molecule has 0 aliphatic carbocycles. The number of nitrogens with zero attached hydrogens (tertiary/aromatic N) is 2. The molecular formula is C16H19ClN2O2. The van der Waals surface area contributed by atoms with Gasteiger partial charge < -0.3 is 14.2 Å². The summed E-state index contributed by atoms with van der Waals surface area (Å²) >= 11 is 6.04. The van der Waals surface area contributed by atoms with Gasteiger partial charge in [0, 0.05) is 36.9 Å². The first-order valence-electron chi connectivity index (χ1n) is 7.22. The molecule has 0 N–H and O–H groups in total. The van der Waals surface area contributed by atoms with Crippen LogP contribution in [0.25, 0.3) is 10.9 Å². The van der Waals surface area contributed by atoms with Crippen LogP contribution in [0.4, 0.5) is 0 Å². The van der Waals surface area contributed by atoms with Gasteiger partial charge in [-0.25, -0.2) is 0 Å². The van der Waals surface area contributed by atoms with Gasteiger partial charge in [0.15, 0.2) is 0 Å². The van der Waals surface area contributed by atoms with Crippen LogP contribution in [-0.4, -0.2) is 41.7 Å². The molecule has 2 heterocycles. The van der Waals surface area contributed by atoms with Gasteiger partial charge in [-0.15, -0.1) is 0 Å². The second-order valence-corrected chi connectivity index (χ2v) is 5.90. The first-order chi connectivity index (χ1) is 10.2. The number of carbonyl (C=O) groups excluding carboxylic acids is 1. The van der Waals surface area contributed by atoms with Gasteiger partial charge >= 0.3 is 0 Å². The molecule has 5 heteroatoms. The maximum absolute atomic E-state index is 12.4. The second-order valence-electron chi connectivity index (χ2n) is 5.46. The van der Waals surface area contributed by atoms with Crippen LogP contribution >= 0.6 is 11.6 Å². The monoisotopic (exact) mass is 306 g/mol. The quantitative estimate of drug-likeness (QED) is 0.874. The fraction of sp³-hybridized carbons (Fsp3) is 0.438. The van der Waals surface area contributed by atoms with E-state index in [4.69, 9.17) is 16.3 Å². The number of hydrogen-bond acceptors (Lipinski definition) is 2. The third-order valence-corrected chi connectivity index (χ3v) is 4.40. The van der Waals surface area contributed by atoms with Gasteiger partial charge in [-0.05, 0) is 36.4 Å². The van der Waals surface area contributed by atoms with Crippen molar-refractivity contribution in [2.24, 2.45) is 0 Å². The number of halogens is 1. The molecule has 0 unspecified atom stereocenters. The predicted octanol–water partition coefficient (Wildman–Crippen LogP) is 2.93. The van der Waals surface area contributed by atoms with Crippen LogP contribution in [-0.2, 0) is 16.1 Å². The minimum absolute atomic E-state index is 0.155. The van der Waals surface area contributed by atoms with Crippen molar-refractivity contribution in [1.29, 1.82) is 0 Å². The van der Waals surface area contributed by atoms with Gasteiger partial charge in [0.2, 0.25) is 5.91 Å². The molecule has 1 aliphatic heterocycles. The van der Waals surface area contributed by atoms with E-state index in [2.05, 4.69) is 0 Å². The molecule has 1 aromatic carbocycles. The summed E-state index contributed by atoms with van der Waals surface area (Å²) in [5.74, 6) is 0.155. The fourth-order valence-electron chi connectivity index (χ4n) is 2.88. The summed E-state index contributed by atoms with van der Waals surface area (Å²) in [6.07, 6.45) is 4.07. The number of rotatable bonds is 3. The Kier molecular flexibility index (Phi) is 4.17. The Hall–Kier alpha value is -1.52. The fourth-order valence-corrected chi connectivity index (χ4v) is 3.05. The summed E-state index contributed by atoms with van der Waals surface area (Å²) in [4.78, 5) is 14.3. The second kappa shape index (κ2) is 6.08. The molecule has 1 aliphatic rings. The van der Waals surface area contributed by atoms with E-state index in [1.54, 1.807) is 7.11 Å². The smallest absolute Gasteiger partial charge is 0.242 e. The molecule has 0 spiro atoms. The van der Waals surface area contributed by atoms with Crippen LogP contribution in [0.5, 0.6) is 0 Å². The number of benzene rings is 1. The molecule has 1 fully saturated rings. The van der Waals surface area contributed by atoms with Crippen molar-refractivity contribution in [2.45, 2.75) is 25.5 Å². The highest BCUT2D eigenvalue weighted by Crippen LogP contribution is 2.21. The number of amides is 1. The maximum atomic E-state index is 12.4. The lowest BCUT2D eigenvalue weighted by Crippen LogP contribution is -2.42. The zero-order chi connectivity index (χ0) is 14.8. The molecule has 2 aromatic rings. The molecule has 1 aromatic heterocycles. The van der Waals surface area contributed by atoms with E-state index in [-0.39, 0.29) is 5.91 Å². The van der Waals surface area contributed by atoms with Gasteiger partial charge in [0.05, 0.1) is 6.10 Å². The molecule has 21 heavy (non-hydrogen) atoms. The lowest BCUT2D eigenvalue weighted by Gasteiger charge is -2.31. The van der Waals surface area contributed by atoms with Crippen molar-refractivity contribution in [3.8, 4) is 0 Å².